The summed E-state index contributed by atoms with van der Waals surface area (Å²) >= 11 is 0. The number of hydrogen-bond donors (Lipinski definition) is 0. The molecular formula is C14H18BF3KNO2. The van der Waals surface area contributed by atoms with Crippen molar-refractivity contribution in [2.45, 2.75) is 39.3 Å². The third kappa shape index (κ3) is 5.26. The number of amides is 1. The molecule has 0 aliphatic carbocycles. The predicted molar refractivity (Wildman–Crippen MR) is 75.5 cm³/mol. The van der Waals surface area contributed by atoms with Gasteiger partial charge in [0.15, 0.2) is 0 Å². The standard InChI is InChI=1S/C14H18BF3NO2.K/c1-14(2,3)21-13(20)19-7-6-10-8-12(15(16,17)18)5-4-11(10)9-19;/h4-5,8H,6-7,9H2,1-3H3;/q-1;+1. The van der Waals surface area contributed by atoms with Gasteiger partial charge in [0, 0.05) is 13.1 Å². The maximum atomic E-state index is 12.7. The Morgan fingerprint density at radius 1 is 1.23 bits per heavy atom. The van der Waals surface area contributed by atoms with Gasteiger partial charge in [0.25, 0.3) is 0 Å². The van der Waals surface area contributed by atoms with Gasteiger partial charge < -0.3 is 22.6 Å². The molecule has 0 saturated heterocycles. The van der Waals surface area contributed by atoms with Crippen LogP contribution in [0.1, 0.15) is 31.9 Å². The Kier molecular flexibility index (Phi) is 6.60. The van der Waals surface area contributed by atoms with E-state index >= 15 is 0 Å². The van der Waals surface area contributed by atoms with Gasteiger partial charge in [-0.05, 0) is 38.3 Å². The van der Waals surface area contributed by atoms with E-state index in [0.717, 1.165) is 11.6 Å². The van der Waals surface area contributed by atoms with Crippen molar-refractivity contribution < 1.29 is 73.9 Å². The van der Waals surface area contributed by atoms with Gasteiger partial charge in [0.2, 0.25) is 0 Å². The Bertz CT molecular complexity index is 558. The zero-order chi connectivity index (χ0) is 15.8. The Morgan fingerprint density at radius 3 is 2.41 bits per heavy atom. The van der Waals surface area contributed by atoms with E-state index in [1.54, 1.807) is 20.8 Å². The van der Waals surface area contributed by atoms with Crippen LogP contribution in [-0.2, 0) is 17.7 Å². The van der Waals surface area contributed by atoms with Crippen molar-refractivity contribution >= 4 is 18.5 Å². The smallest absolute Gasteiger partial charge is 0.445 e. The largest absolute Gasteiger partial charge is 1.00 e. The molecule has 0 radical (unpaired) electrons. The summed E-state index contributed by atoms with van der Waals surface area (Å²) in [5, 5.41) is 0. The molecule has 8 heteroatoms. The minimum absolute atomic E-state index is 0. The van der Waals surface area contributed by atoms with Crippen LogP contribution in [0, 0.1) is 0 Å². The second-order valence-corrected chi connectivity index (χ2v) is 6.25. The van der Waals surface area contributed by atoms with Crippen molar-refractivity contribution in [1.82, 2.24) is 4.90 Å². The SMILES string of the molecule is CC(C)(C)OC(=O)N1CCc2cc([B-](F)(F)F)ccc2C1.[K+]. The maximum Gasteiger partial charge on any atom is 1.00 e. The first-order valence-electron chi connectivity index (χ1n) is 6.86. The Balaban J connectivity index is 0.00000242. The van der Waals surface area contributed by atoms with Crippen LogP contribution in [0.25, 0.3) is 0 Å². The molecule has 1 aliphatic rings. The van der Waals surface area contributed by atoms with Crippen LogP contribution in [0.4, 0.5) is 17.7 Å². The number of fused-ring (bicyclic) bond motifs is 1. The Labute approximate surface area is 171 Å². The number of carbonyl (C=O) groups excluding carboxylic acids is 1. The average Bonchev–Trinajstić information content (AvgIpc) is 2.34. The first-order valence-corrected chi connectivity index (χ1v) is 6.86. The summed E-state index contributed by atoms with van der Waals surface area (Å²) in [5.74, 6) is 0. The molecular weight excluding hydrogens is 321 g/mol. The number of nitrogens with zero attached hydrogens (tertiary/aromatic N) is 1. The number of rotatable bonds is 1. The number of carbonyl (C=O) groups is 1. The molecule has 0 saturated carbocycles. The van der Waals surface area contributed by atoms with Gasteiger partial charge in [0.1, 0.15) is 5.60 Å². The van der Waals surface area contributed by atoms with Gasteiger partial charge in [0.05, 0.1) is 0 Å². The molecule has 2 rings (SSSR count). The molecule has 1 heterocycles. The molecule has 1 aliphatic heterocycles. The molecule has 0 unspecified atom stereocenters. The normalized spacial score (nSPS) is 14.9. The molecule has 116 valence electrons. The predicted octanol–water partition coefficient (Wildman–Crippen LogP) is 0.0382. The van der Waals surface area contributed by atoms with Gasteiger partial charge in [-0.25, -0.2) is 4.79 Å². The van der Waals surface area contributed by atoms with Crippen LogP contribution in [0.5, 0.6) is 0 Å². The summed E-state index contributed by atoms with van der Waals surface area (Å²) < 4.78 is 43.5. The third-order valence-corrected chi connectivity index (χ3v) is 3.27. The maximum absolute atomic E-state index is 12.7. The summed E-state index contributed by atoms with van der Waals surface area (Å²) in [6, 6.07) is 3.73. The van der Waals surface area contributed by atoms with E-state index in [2.05, 4.69) is 0 Å². The van der Waals surface area contributed by atoms with Crippen LogP contribution in [0.3, 0.4) is 0 Å². The van der Waals surface area contributed by atoms with Crippen LogP contribution < -0.4 is 56.8 Å². The first-order chi connectivity index (χ1) is 9.56. The van der Waals surface area contributed by atoms with Crippen molar-refractivity contribution in [1.29, 1.82) is 0 Å². The fraction of sp³-hybridized carbons (Fsp3) is 0.500. The molecule has 3 nitrogen and oxygen atoms in total. The minimum Gasteiger partial charge on any atom is -0.445 e. The zero-order valence-corrected chi connectivity index (χ0v) is 16.5. The van der Waals surface area contributed by atoms with Crippen molar-refractivity contribution in [2.75, 3.05) is 6.54 Å². The summed E-state index contributed by atoms with van der Waals surface area (Å²) in [4.78, 5) is 13.5. The van der Waals surface area contributed by atoms with Crippen molar-refractivity contribution in [3.63, 3.8) is 0 Å². The fourth-order valence-electron chi connectivity index (χ4n) is 2.26. The zero-order valence-electron chi connectivity index (χ0n) is 13.3. The molecule has 0 spiro atoms. The molecule has 0 bridgehead atoms. The van der Waals surface area contributed by atoms with Gasteiger partial charge in [-0.3, -0.25) is 0 Å². The van der Waals surface area contributed by atoms with Crippen LogP contribution >= 0.6 is 0 Å². The van der Waals surface area contributed by atoms with E-state index in [0.29, 0.717) is 18.5 Å². The topological polar surface area (TPSA) is 29.5 Å². The van der Waals surface area contributed by atoms with Gasteiger partial charge in [-0.1, -0.05) is 18.2 Å². The van der Waals surface area contributed by atoms with E-state index in [1.807, 2.05) is 0 Å². The molecule has 0 atom stereocenters. The van der Waals surface area contributed by atoms with Crippen LogP contribution in [0.15, 0.2) is 18.2 Å². The first kappa shape index (κ1) is 20.0. The van der Waals surface area contributed by atoms with E-state index < -0.39 is 24.1 Å². The second-order valence-electron chi connectivity index (χ2n) is 6.25. The van der Waals surface area contributed by atoms with Gasteiger partial charge in [-0.15, -0.1) is 5.46 Å². The number of hydrogen-bond acceptors (Lipinski definition) is 2. The third-order valence-electron chi connectivity index (χ3n) is 3.27. The van der Waals surface area contributed by atoms with Gasteiger partial charge in [-0.2, -0.15) is 0 Å². The van der Waals surface area contributed by atoms with Crippen molar-refractivity contribution in [3.8, 4) is 0 Å². The van der Waals surface area contributed by atoms with Crippen LogP contribution in [-0.4, -0.2) is 30.1 Å². The van der Waals surface area contributed by atoms with E-state index in [4.69, 9.17) is 4.74 Å². The average molecular weight is 339 g/mol. The summed E-state index contributed by atoms with van der Waals surface area (Å²) in [6.45, 7) is 1.01. The minimum atomic E-state index is -4.98. The molecule has 1 amide bonds. The van der Waals surface area contributed by atoms with E-state index in [9.17, 15) is 17.7 Å². The number of ether oxygens (including phenoxy) is 1. The van der Waals surface area contributed by atoms with Gasteiger partial charge >= 0.3 is 64.5 Å². The van der Waals surface area contributed by atoms with Crippen molar-refractivity contribution in [2.24, 2.45) is 0 Å². The van der Waals surface area contributed by atoms with E-state index in [1.165, 1.54) is 17.0 Å². The quantitative estimate of drug-likeness (QED) is 0.676. The molecule has 0 fully saturated rings. The molecule has 1 aromatic carbocycles. The molecule has 0 N–H and O–H groups in total. The summed E-state index contributed by atoms with van der Waals surface area (Å²) in [7, 11) is 0. The van der Waals surface area contributed by atoms with Crippen LogP contribution in [0.2, 0.25) is 0 Å². The monoisotopic (exact) mass is 339 g/mol. The Morgan fingerprint density at radius 2 is 1.86 bits per heavy atom. The second kappa shape index (κ2) is 7.25. The van der Waals surface area contributed by atoms with E-state index in [-0.39, 0.29) is 57.9 Å². The molecule has 0 aromatic heterocycles. The van der Waals surface area contributed by atoms with Crippen molar-refractivity contribution in [3.05, 3.63) is 29.3 Å². The fourth-order valence-corrected chi connectivity index (χ4v) is 2.26. The number of halogens is 3. The summed E-state index contributed by atoms with van der Waals surface area (Å²) in [5.41, 5.74) is 0.238. The summed E-state index contributed by atoms with van der Waals surface area (Å²) in [6.07, 6.45) is -0.0218. The number of benzene rings is 1. The molecule has 1 aromatic rings. The molecule has 22 heavy (non-hydrogen) atoms. The Hall–Kier alpha value is -0.0187.